The number of H-pyrrole nitrogens is 1. The Labute approximate surface area is 131 Å². The number of pyridine rings is 1. The maximum atomic E-state index is 11.1. The molecule has 0 fully saturated rings. The van der Waals surface area contributed by atoms with Crippen LogP contribution in [0.1, 0.15) is 11.1 Å². The molecular formula is C16H15N3O2S. The lowest BCUT2D eigenvalue weighted by Gasteiger charge is -2.06. The SMILES string of the molecule is Cc1cc(C)cc(Sc2c(OC(N)=O)[nH]c3cccnc23)c1. The van der Waals surface area contributed by atoms with Crippen LogP contribution in [0.25, 0.3) is 11.0 Å². The van der Waals surface area contributed by atoms with Crippen LogP contribution in [0.2, 0.25) is 0 Å². The first kappa shape index (κ1) is 14.5. The molecule has 22 heavy (non-hydrogen) atoms. The van der Waals surface area contributed by atoms with Crippen molar-refractivity contribution in [3.05, 3.63) is 47.7 Å². The number of amides is 1. The van der Waals surface area contributed by atoms with Gasteiger partial charge in [0.2, 0.25) is 5.88 Å². The Morgan fingerprint density at radius 3 is 2.68 bits per heavy atom. The second-order valence-corrected chi connectivity index (χ2v) is 6.11. The molecule has 0 aliphatic heterocycles. The Morgan fingerprint density at radius 2 is 2.00 bits per heavy atom. The van der Waals surface area contributed by atoms with Crippen LogP contribution in [0.15, 0.2) is 46.3 Å². The van der Waals surface area contributed by atoms with E-state index in [-0.39, 0.29) is 0 Å². The van der Waals surface area contributed by atoms with Crippen molar-refractivity contribution in [1.29, 1.82) is 0 Å². The smallest absolute Gasteiger partial charge is 0.392 e. The molecule has 0 aliphatic rings. The van der Waals surface area contributed by atoms with Gasteiger partial charge >= 0.3 is 6.09 Å². The highest BCUT2D eigenvalue weighted by atomic mass is 32.2. The molecule has 0 saturated heterocycles. The lowest BCUT2D eigenvalue weighted by Crippen LogP contribution is -2.16. The maximum absolute atomic E-state index is 11.1. The molecule has 0 atom stereocenters. The van der Waals surface area contributed by atoms with Gasteiger partial charge in [-0.1, -0.05) is 17.8 Å². The van der Waals surface area contributed by atoms with Crippen LogP contribution < -0.4 is 10.5 Å². The molecule has 0 unspecified atom stereocenters. The fourth-order valence-corrected chi connectivity index (χ4v) is 3.52. The molecule has 5 nitrogen and oxygen atoms in total. The Hall–Kier alpha value is -2.47. The summed E-state index contributed by atoms with van der Waals surface area (Å²) in [6.45, 7) is 4.09. The number of hydrogen-bond acceptors (Lipinski definition) is 4. The van der Waals surface area contributed by atoms with E-state index in [0.29, 0.717) is 5.88 Å². The topological polar surface area (TPSA) is 81.0 Å². The number of ether oxygens (including phenoxy) is 1. The number of aromatic amines is 1. The zero-order chi connectivity index (χ0) is 15.7. The zero-order valence-electron chi connectivity index (χ0n) is 12.2. The minimum absolute atomic E-state index is 0.324. The predicted molar refractivity (Wildman–Crippen MR) is 86.3 cm³/mol. The Balaban J connectivity index is 2.09. The van der Waals surface area contributed by atoms with Crippen molar-refractivity contribution in [1.82, 2.24) is 9.97 Å². The molecule has 3 rings (SSSR count). The first-order valence-electron chi connectivity index (χ1n) is 6.73. The van der Waals surface area contributed by atoms with E-state index in [9.17, 15) is 4.79 Å². The van der Waals surface area contributed by atoms with E-state index in [2.05, 4.69) is 28.2 Å². The van der Waals surface area contributed by atoms with Crippen molar-refractivity contribution < 1.29 is 9.53 Å². The molecule has 6 heteroatoms. The minimum atomic E-state index is -0.853. The van der Waals surface area contributed by atoms with Crippen LogP contribution in [-0.4, -0.2) is 16.1 Å². The quantitative estimate of drug-likeness (QED) is 0.771. The van der Waals surface area contributed by atoms with Crippen molar-refractivity contribution in [3.63, 3.8) is 0 Å². The molecule has 2 aromatic heterocycles. The van der Waals surface area contributed by atoms with Gasteiger partial charge in [0.05, 0.1) is 5.52 Å². The van der Waals surface area contributed by atoms with Gasteiger partial charge in [-0.05, 0) is 49.2 Å². The number of carbonyl (C=O) groups is 1. The van der Waals surface area contributed by atoms with E-state index < -0.39 is 6.09 Å². The molecule has 3 aromatic rings. The summed E-state index contributed by atoms with van der Waals surface area (Å²) in [5.74, 6) is 0.324. The molecule has 112 valence electrons. The van der Waals surface area contributed by atoms with Gasteiger partial charge in [0.1, 0.15) is 10.4 Å². The predicted octanol–water partition coefficient (Wildman–Crippen LogP) is 3.79. The zero-order valence-corrected chi connectivity index (χ0v) is 13.0. The van der Waals surface area contributed by atoms with Crippen LogP contribution in [0.4, 0.5) is 4.79 Å². The second-order valence-electron chi connectivity index (χ2n) is 5.03. The first-order valence-corrected chi connectivity index (χ1v) is 7.54. The lowest BCUT2D eigenvalue weighted by molar-refractivity contribution is 0.208. The van der Waals surface area contributed by atoms with Gasteiger partial charge in [-0.15, -0.1) is 0 Å². The summed E-state index contributed by atoms with van der Waals surface area (Å²) < 4.78 is 5.09. The normalized spacial score (nSPS) is 10.8. The average molecular weight is 313 g/mol. The molecule has 0 bridgehead atoms. The van der Waals surface area contributed by atoms with E-state index >= 15 is 0 Å². The number of fused-ring (bicyclic) bond motifs is 1. The number of aryl methyl sites for hydroxylation is 2. The molecule has 0 aliphatic carbocycles. The van der Waals surface area contributed by atoms with Gasteiger partial charge in [-0.3, -0.25) is 4.98 Å². The largest absolute Gasteiger partial charge is 0.411 e. The molecule has 3 N–H and O–H groups in total. The van der Waals surface area contributed by atoms with E-state index in [0.717, 1.165) is 20.8 Å². The summed E-state index contributed by atoms with van der Waals surface area (Å²) in [7, 11) is 0. The molecule has 2 heterocycles. The van der Waals surface area contributed by atoms with E-state index in [1.54, 1.807) is 6.20 Å². The molecule has 1 aromatic carbocycles. The van der Waals surface area contributed by atoms with E-state index in [4.69, 9.17) is 10.5 Å². The number of primary amides is 1. The first-order chi connectivity index (χ1) is 10.5. The summed E-state index contributed by atoms with van der Waals surface area (Å²) in [5.41, 5.74) is 9.04. The fraction of sp³-hybridized carbons (Fsp3) is 0.125. The number of nitrogens with one attached hydrogen (secondary N) is 1. The number of nitrogens with two attached hydrogens (primary N) is 1. The maximum Gasteiger partial charge on any atom is 0.411 e. The van der Waals surface area contributed by atoms with Crippen LogP contribution in [-0.2, 0) is 0 Å². The lowest BCUT2D eigenvalue weighted by atomic mass is 10.2. The van der Waals surface area contributed by atoms with Gasteiger partial charge in [0.15, 0.2) is 0 Å². The standard InChI is InChI=1S/C16H15N3O2S/c1-9-6-10(2)8-11(7-9)22-14-13-12(4-3-5-18-13)19-15(14)21-16(17)20/h3-8,19H,1-2H3,(H2,17,20). The van der Waals surface area contributed by atoms with Gasteiger partial charge in [-0.25, -0.2) is 4.79 Å². The van der Waals surface area contributed by atoms with Crippen LogP contribution in [0.3, 0.4) is 0 Å². The van der Waals surface area contributed by atoms with Crippen LogP contribution in [0.5, 0.6) is 5.88 Å². The molecular weight excluding hydrogens is 298 g/mol. The van der Waals surface area contributed by atoms with Crippen LogP contribution in [0, 0.1) is 13.8 Å². The molecule has 0 saturated carbocycles. The third-order valence-electron chi connectivity index (χ3n) is 3.09. The number of hydrogen-bond donors (Lipinski definition) is 2. The molecule has 0 radical (unpaired) electrons. The van der Waals surface area contributed by atoms with Crippen molar-refractivity contribution in [2.75, 3.05) is 0 Å². The second kappa shape index (κ2) is 5.73. The van der Waals surface area contributed by atoms with Gasteiger partial charge in [0, 0.05) is 11.1 Å². The number of benzene rings is 1. The van der Waals surface area contributed by atoms with Crippen LogP contribution >= 0.6 is 11.8 Å². The number of rotatable bonds is 3. The summed E-state index contributed by atoms with van der Waals surface area (Å²) in [4.78, 5) is 20.3. The molecule has 0 spiro atoms. The highest BCUT2D eigenvalue weighted by molar-refractivity contribution is 7.99. The summed E-state index contributed by atoms with van der Waals surface area (Å²) in [5, 5.41) is 0. The van der Waals surface area contributed by atoms with Crippen molar-refractivity contribution in [2.24, 2.45) is 5.73 Å². The Bertz CT molecular complexity index is 837. The number of aromatic nitrogens is 2. The minimum Gasteiger partial charge on any atom is -0.392 e. The number of nitrogens with zero attached hydrogens (tertiary/aromatic N) is 1. The van der Waals surface area contributed by atoms with Crippen molar-refractivity contribution in [3.8, 4) is 5.88 Å². The van der Waals surface area contributed by atoms with Crippen molar-refractivity contribution >= 4 is 28.9 Å². The van der Waals surface area contributed by atoms with Gasteiger partial charge < -0.3 is 15.5 Å². The fourth-order valence-electron chi connectivity index (χ4n) is 2.35. The average Bonchev–Trinajstić information content (AvgIpc) is 2.75. The summed E-state index contributed by atoms with van der Waals surface area (Å²) in [6, 6.07) is 9.96. The van der Waals surface area contributed by atoms with E-state index in [1.807, 2.05) is 26.0 Å². The third kappa shape index (κ3) is 2.92. The highest BCUT2D eigenvalue weighted by Gasteiger charge is 2.17. The highest BCUT2D eigenvalue weighted by Crippen LogP contribution is 2.40. The summed E-state index contributed by atoms with van der Waals surface area (Å²) in [6.07, 6.45) is 0.851. The monoisotopic (exact) mass is 313 g/mol. The third-order valence-corrected chi connectivity index (χ3v) is 4.15. The van der Waals surface area contributed by atoms with E-state index in [1.165, 1.54) is 22.9 Å². The molecule has 1 amide bonds. The van der Waals surface area contributed by atoms with Crippen molar-refractivity contribution in [2.45, 2.75) is 23.6 Å². The van der Waals surface area contributed by atoms with Gasteiger partial charge in [0.25, 0.3) is 0 Å². The van der Waals surface area contributed by atoms with Gasteiger partial charge in [-0.2, -0.15) is 0 Å². The number of carbonyl (C=O) groups excluding carboxylic acids is 1. The Kier molecular flexibility index (Phi) is 3.77. The Morgan fingerprint density at radius 1 is 1.27 bits per heavy atom. The summed E-state index contributed by atoms with van der Waals surface area (Å²) >= 11 is 1.49.